The maximum atomic E-state index is 5.63. The summed E-state index contributed by atoms with van der Waals surface area (Å²) < 4.78 is 0. The summed E-state index contributed by atoms with van der Waals surface area (Å²) in [5.74, 6) is 0. The summed E-state index contributed by atoms with van der Waals surface area (Å²) in [6.45, 7) is 0. The molecular formula is C12H8Cl4NaS. The molecular weight excluding hydrogens is 341 g/mol. The molecule has 0 bridgehead atoms. The monoisotopic (exact) mass is 347 g/mol. The van der Waals surface area contributed by atoms with Crippen molar-refractivity contribution in [1.29, 1.82) is 0 Å². The van der Waals surface area contributed by atoms with Crippen LogP contribution in [0.2, 0.25) is 20.1 Å². The van der Waals surface area contributed by atoms with Gasteiger partial charge in [-0.1, -0.05) is 64.6 Å². The van der Waals surface area contributed by atoms with E-state index in [0.29, 0.717) is 20.1 Å². The van der Waals surface area contributed by atoms with Crippen LogP contribution in [0.4, 0.5) is 0 Å². The van der Waals surface area contributed by atoms with Crippen LogP contribution in [0.25, 0.3) is 0 Å². The van der Waals surface area contributed by atoms with Gasteiger partial charge >= 0.3 is 0 Å². The largest absolute Gasteiger partial charge is 0.143 e. The Bertz CT molecular complexity index is 468. The molecule has 0 unspecified atom stereocenters. The molecule has 0 fully saturated rings. The average Bonchev–Trinajstić information content (AvgIpc) is 2.27. The van der Waals surface area contributed by atoms with Crippen molar-refractivity contribution in [2.24, 2.45) is 0 Å². The fraction of sp³-hybridized carbons (Fsp3) is 0. The van der Waals surface area contributed by atoms with E-state index in [2.05, 4.69) is 12.6 Å². The molecule has 6 heteroatoms. The van der Waals surface area contributed by atoms with Crippen LogP contribution in [0.1, 0.15) is 0 Å². The number of thiol groups is 1. The second-order valence-electron chi connectivity index (χ2n) is 3.02. The Hall–Kier alpha value is 0.950. The molecule has 1 radical (unpaired) electrons. The topological polar surface area (TPSA) is 0 Å². The molecule has 0 saturated carbocycles. The summed E-state index contributed by atoms with van der Waals surface area (Å²) in [7, 11) is 0. The molecule has 2 aromatic rings. The van der Waals surface area contributed by atoms with Crippen molar-refractivity contribution in [2.75, 3.05) is 0 Å². The van der Waals surface area contributed by atoms with Gasteiger partial charge in [0.15, 0.2) is 0 Å². The molecule has 0 nitrogen and oxygen atoms in total. The Morgan fingerprint density at radius 2 is 1.22 bits per heavy atom. The molecule has 2 rings (SSSR count). The van der Waals surface area contributed by atoms with E-state index < -0.39 is 0 Å². The molecule has 0 aliphatic heterocycles. The summed E-state index contributed by atoms with van der Waals surface area (Å²) in [6.07, 6.45) is 0. The number of benzene rings is 2. The fourth-order valence-corrected chi connectivity index (χ4v) is 2.05. The molecule has 0 N–H and O–H groups in total. The maximum absolute atomic E-state index is 5.63. The minimum absolute atomic E-state index is 0. The Labute approximate surface area is 154 Å². The molecule has 0 aliphatic rings. The van der Waals surface area contributed by atoms with Crippen molar-refractivity contribution in [1.82, 2.24) is 0 Å². The molecule has 0 amide bonds. The predicted octanol–water partition coefficient (Wildman–Crippen LogP) is 5.89. The Balaban J connectivity index is 0.000000321. The minimum atomic E-state index is 0. The van der Waals surface area contributed by atoms with E-state index in [-0.39, 0.29) is 29.6 Å². The normalized spacial score (nSPS) is 8.94. The third-order valence-corrected chi connectivity index (χ3v) is 3.42. The second kappa shape index (κ2) is 9.79. The van der Waals surface area contributed by atoms with Gasteiger partial charge in [-0.2, -0.15) is 0 Å². The van der Waals surface area contributed by atoms with E-state index in [1.165, 1.54) is 12.1 Å². The standard InChI is InChI=1S/C6H2Cl4.C6H6S.Na/c7-3-1-4(8)6(10)5(9)2-3;7-6-4-2-1-3-5-6;/h1-2H;1-5,7H;. The van der Waals surface area contributed by atoms with Crippen molar-refractivity contribution in [3.05, 3.63) is 62.6 Å². The van der Waals surface area contributed by atoms with Crippen LogP contribution in [-0.2, 0) is 0 Å². The molecule has 18 heavy (non-hydrogen) atoms. The molecule has 0 spiro atoms. The van der Waals surface area contributed by atoms with E-state index >= 15 is 0 Å². The van der Waals surface area contributed by atoms with Gasteiger partial charge in [-0.3, -0.25) is 0 Å². The quantitative estimate of drug-likeness (QED) is 0.261. The molecule has 0 saturated heterocycles. The SMILES string of the molecule is Clc1cc(Cl)c(Cl)c(Cl)c1.Sc1ccccc1.[Na]. The van der Waals surface area contributed by atoms with Crippen molar-refractivity contribution < 1.29 is 0 Å². The first kappa shape index (κ1) is 18.9. The van der Waals surface area contributed by atoms with E-state index in [1.807, 2.05) is 30.3 Å². The molecule has 0 aliphatic carbocycles. The maximum Gasteiger partial charge on any atom is 0.0779 e. The molecule has 0 heterocycles. The van der Waals surface area contributed by atoms with Gasteiger partial charge in [-0.15, -0.1) is 12.6 Å². The van der Waals surface area contributed by atoms with Crippen LogP contribution in [-0.4, -0.2) is 29.6 Å². The Morgan fingerprint density at radius 3 is 1.56 bits per heavy atom. The molecule has 91 valence electrons. The van der Waals surface area contributed by atoms with Gasteiger partial charge in [0.05, 0.1) is 15.1 Å². The van der Waals surface area contributed by atoms with E-state index in [1.54, 1.807) is 0 Å². The number of hydrogen-bond acceptors (Lipinski definition) is 1. The van der Waals surface area contributed by atoms with E-state index in [4.69, 9.17) is 46.4 Å². The van der Waals surface area contributed by atoms with Crippen molar-refractivity contribution in [2.45, 2.75) is 4.90 Å². The van der Waals surface area contributed by atoms with Crippen LogP contribution in [0.15, 0.2) is 47.4 Å². The Morgan fingerprint density at radius 1 is 0.778 bits per heavy atom. The summed E-state index contributed by atoms with van der Waals surface area (Å²) in [5, 5.41) is 1.57. The molecule has 0 atom stereocenters. The predicted molar refractivity (Wildman–Crippen MR) is 85.9 cm³/mol. The third kappa shape index (κ3) is 6.93. The van der Waals surface area contributed by atoms with Crippen molar-refractivity contribution >= 4 is 88.6 Å². The average molecular weight is 349 g/mol. The first-order chi connectivity index (χ1) is 8.00. The Kier molecular flexibility index (Phi) is 10.3. The van der Waals surface area contributed by atoms with E-state index in [0.717, 1.165) is 4.90 Å². The summed E-state index contributed by atoms with van der Waals surface area (Å²) >= 11 is 26.5. The van der Waals surface area contributed by atoms with Gasteiger partial charge in [0.1, 0.15) is 0 Å². The first-order valence-corrected chi connectivity index (χ1v) is 6.50. The van der Waals surface area contributed by atoms with Crippen LogP contribution >= 0.6 is 59.0 Å². The third-order valence-electron chi connectivity index (χ3n) is 1.70. The van der Waals surface area contributed by atoms with Gasteiger partial charge in [-0.25, -0.2) is 0 Å². The zero-order valence-corrected chi connectivity index (χ0v) is 15.4. The number of hydrogen-bond donors (Lipinski definition) is 1. The van der Waals surface area contributed by atoms with E-state index in [9.17, 15) is 0 Å². The number of rotatable bonds is 0. The van der Waals surface area contributed by atoms with Crippen LogP contribution in [0.5, 0.6) is 0 Å². The summed E-state index contributed by atoms with van der Waals surface area (Å²) in [6, 6.07) is 12.9. The summed E-state index contributed by atoms with van der Waals surface area (Å²) in [4.78, 5) is 1.02. The second-order valence-corrected chi connectivity index (χ2v) is 5.16. The van der Waals surface area contributed by atoms with Gasteiger partial charge in [0.2, 0.25) is 0 Å². The van der Waals surface area contributed by atoms with Crippen LogP contribution in [0, 0.1) is 0 Å². The van der Waals surface area contributed by atoms with Crippen LogP contribution in [0.3, 0.4) is 0 Å². The summed E-state index contributed by atoms with van der Waals surface area (Å²) in [5.41, 5.74) is 0. The van der Waals surface area contributed by atoms with Gasteiger partial charge in [0, 0.05) is 39.5 Å². The first-order valence-electron chi connectivity index (χ1n) is 4.54. The van der Waals surface area contributed by atoms with Gasteiger partial charge in [0.25, 0.3) is 0 Å². The van der Waals surface area contributed by atoms with Crippen molar-refractivity contribution in [3.63, 3.8) is 0 Å². The van der Waals surface area contributed by atoms with Gasteiger partial charge < -0.3 is 0 Å². The minimum Gasteiger partial charge on any atom is -0.143 e. The zero-order valence-electron chi connectivity index (χ0n) is 9.50. The molecule has 2 aromatic carbocycles. The fourth-order valence-electron chi connectivity index (χ4n) is 0.953. The molecule has 0 aromatic heterocycles. The number of halogens is 4. The smallest absolute Gasteiger partial charge is 0.0779 e. The van der Waals surface area contributed by atoms with Crippen LogP contribution < -0.4 is 0 Å². The van der Waals surface area contributed by atoms with Crippen molar-refractivity contribution in [3.8, 4) is 0 Å². The zero-order chi connectivity index (χ0) is 12.8. The van der Waals surface area contributed by atoms with Gasteiger partial charge in [-0.05, 0) is 24.3 Å².